The third-order valence-electron chi connectivity index (χ3n) is 3.05. The molecule has 1 aromatic rings. The van der Waals surface area contributed by atoms with Crippen molar-refractivity contribution in [3.8, 4) is 0 Å². The van der Waals surface area contributed by atoms with Crippen LogP contribution in [0.1, 0.15) is 31.7 Å². The number of rotatable bonds is 2. The summed E-state index contributed by atoms with van der Waals surface area (Å²) in [7, 11) is 0. The van der Waals surface area contributed by atoms with Gasteiger partial charge in [0.25, 0.3) is 0 Å². The zero-order valence-corrected chi connectivity index (χ0v) is 9.90. The standard InChI is InChI=1S/C13H16N2O2/c1-2-9-6-7-10(8-11(9)14)15-12(16)4-3-5-13(15)17/h6-8H,2-5,14H2,1H3. The first-order valence-electron chi connectivity index (χ1n) is 5.87. The van der Waals surface area contributed by atoms with Gasteiger partial charge in [0.1, 0.15) is 0 Å². The van der Waals surface area contributed by atoms with Crippen LogP contribution in [0.4, 0.5) is 11.4 Å². The van der Waals surface area contributed by atoms with Gasteiger partial charge in [0.15, 0.2) is 0 Å². The maximum Gasteiger partial charge on any atom is 0.233 e. The molecule has 0 radical (unpaired) electrons. The summed E-state index contributed by atoms with van der Waals surface area (Å²) in [5.41, 5.74) is 8.14. The zero-order valence-electron chi connectivity index (χ0n) is 9.90. The second kappa shape index (κ2) is 4.57. The molecule has 0 aromatic heterocycles. The molecule has 0 atom stereocenters. The quantitative estimate of drug-likeness (QED) is 0.625. The number of hydrogen-bond donors (Lipinski definition) is 1. The summed E-state index contributed by atoms with van der Waals surface area (Å²) in [4.78, 5) is 24.7. The molecule has 2 N–H and O–H groups in total. The molecule has 0 unspecified atom stereocenters. The van der Waals surface area contributed by atoms with E-state index in [0.29, 0.717) is 30.6 Å². The number of hydrogen-bond acceptors (Lipinski definition) is 3. The molecule has 0 aliphatic carbocycles. The number of nitrogens with two attached hydrogens (primary N) is 1. The number of nitrogens with zero attached hydrogens (tertiary/aromatic N) is 1. The highest BCUT2D eigenvalue weighted by Gasteiger charge is 2.27. The number of amides is 2. The zero-order chi connectivity index (χ0) is 12.4. The van der Waals surface area contributed by atoms with E-state index in [1.807, 2.05) is 13.0 Å². The predicted molar refractivity (Wildman–Crippen MR) is 66.6 cm³/mol. The number of anilines is 2. The lowest BCUT2D eigenvalue weighted by Gasteiger charge is -2.25. The molecule has 1 aliphatic rings. The van der Waals surface area contributed by atoms with Crippen molar-refractivity contribution in [2.75, 3.05) is 10.6 Å². The molecule has 90 valence electrons. The Labute approximate surface area is 100 Å². The van der Waals surface area contributed by atoms with Crippen LogP contribution < -0.4 is 10.6 Å². The predicted octanol–water partition coefficient (Wildman–Crippen LogP) is 1.87. The van der Waals surface area contributed by atoms with E-state index in [9.17, 15) is 9.59 Å². The second-order valence-corrected chi connectivity index (χ2v) is 4.21. The molecule has 2 rings (SSSR count). The highest BCUT2D eigenvalue weighted by Crippen LogP contribution is 2.25. The Balaban J connectivity index is 2.35. The Hall–Kier alpha value is -1.84. The molecule has 1 aliphatic heterocycles. The van der Waals surface area contributed by atoms with Crippen LogP contribution in [0.15, 0.2) is 18.2 Å². The molecule has 1 saturated heterocycles. The fourth-order valence-electron chi connectivity index (χ4n) is 2.08. The number of imide groups is 1. The SMILES string of the molecule is CCc1ccc(N2C(=O)CCCC2=O)cc1N. The van der Waals surface area contributed by atoms with Gasteiger partial charge in [0.05, 0.1) is 5.69 Å². The maximum atomic E-state index is 11.7. The number of nitrogen functional groups attached to an aromatic ring is 1. The summed E-state index contributed by atoms with van der Waals surface area (Å²) in [5.74, 6) is -0.269. The van der Waals surface area contributed by atoms with Gasteiger partial charge in [-0.25, -0.2) is 0 Å². The molecule has 1 aromatic carbocycles. The van der Waals surface area contributed by atoms with Crippen molar-refractivity contribution in [3.63, 3.8) is 0 Å². The number of carbonyl (C=O) groups is 2. The van der Waals surface area contributed by atoms with Gasteiger partial charge < -0.3 is 5.73 Å². The number of piperidine rings is 1. The topological polar surface area (TPSA) is 63.4 Å². The normalized spacial score (nSPS) is 16.4. The van der Waals surface area contributed by atoms with Crippen LogP contribution in [0.2, 0.25) is 0 Å². The Bertz CT molecular complexity index is 452. The highest BCUT2D eigenvalue weighted by molar-refractivity contribution is 6.16. The highest BCUT2D eigenvalue weighted by atomic mass is 16.2. The Morgan fingerprint density at radius 1 is 1.24 bits per heavy atom. The average molecular weight is 232 g/mol. The molecule has 1 fully saturated rings. The summed E-state index contributed by atoms with van der Waals surface area (Å²) in [6, 6.07) is 5.37. The molecule has 0 bridgehead atoms. The number of benzene rings is 1. The van der Waals surface area contributed by atoms with Crippen molar-refractivity contribution in [1.82, 2.24) is 0 Å². The van der Waals surface area contributed by atoms with E-state index in [0.717, 1.165) is 12.0 Å². The van der Waals surface area contributed by atoms with E-state index in [1.54, 1.807) is 12.1 Å². The van der Waals surface area contributed by atoms with Crippen LogP contribution in [0.5, 0.6) is 0 Å². The molecule has 4 nitrogen and oxygen atoms in total. The van der Waals surface area contributed by atoms with Crippen LogP contribution in [0.3, 0.4) is 0 Å². The van der Waals surface area contributed by atoms with Gasteiger partial charge in [-0.2, -0.15) is 0 Å². The van der Waals surface area contributed by atoms with Gasteiger partial charge in [-0.1, -0.05) is 13.0 Å². The maximum absolute atomic E-state index is 11.7. The van der Waals surface area contributed by atoms with E-state index >= 15 is 0 Å². The van der Waals surface area contributed by atoms with E-state index < -0.39 is 0 Å². The van der Waals surface area contributed by atoms with Crippen LogP contribution in [0.25, 0.3) is 0 Å². The first-order valence-corrected chi connectivity index (χ1v) is 5.87. The van der Waals surface area contributed by atoms with E-state index in [4.69, 9.17) is 5.73 Å². The monoisotopic (exact) mass is 232 g/mol. The Morgan fingerprint density at radius 2 is 1.88 bits per heavy atom. The van der Waals surface area contributed by atoms with Crippen LogP contribution in [-0.4, -0.2) is 11.8 Å². The molecule has 17 heavy (non-hydrogen) atoms. The van der Waals surface area contributed by atoms with Gasteiger partial charge in [-0.15, -0.1) is 0 Å². The second-order valence-electron chi connectivity index (χ2n) is 4.21. The third-order valence-corrected chi connectivity index (χ3v) is 3.05. The van der Waals surface area contributed by atoms with Gasteiger partial charge in [-0.05, 0) is 30.5 Å². The number of carbonyl (C=O) groups excluding carboxylic acids is 2. The molecular weight excluding hydrogens is 216 g/mol. The molecule has 0 spiro atoms. The van der Waals surface area contributed by atoms with Gasteiger partial charge >= 0.3 is 0 Å². The smallest absolute Gasteiger partial charge is 0.233 e. The van der Waals surface area contributed by atoms with E-state index in [2.05, 4.69) is 0 Å². The largest absolute Gasteiger partial charge is 0.398 e. The summed E-state index contributed by atoms with van der Waals surface area (Å²) >= 11 is 0. The minimum absolute atomic E-state index is 0.134. The minimum Gasteiger partial charge on any atom is -0.398 e. The van der Waals surface area contributed by atoms with Gasteiger partial charge in [0.2, 0.25) is 11.8 Å². The van der Waals surface area contributed by atoms with Crippen molar-refractivity contribution in [1.29, 1.82) is 0 Å². The summed E-state index contributed by atoms with van der Waals surface area (Å²) in [6.07, 6.45) is 2.35. The van der Waals surface area contributed by atoms with Crippen LogP contribution >= 0.6 is 0 Å². The molecule has 1 heterocycles. The lowest BCUT2D eigenvalue weighted by molar-refractivity contribution is -0.129. The number of aryl methyl sites for hydroxylation is 1. The lowest BCUT2D eigenvalue weighted by Crippen LogP contribution is -2.40. The molecule has 2 amide bonds. The summed E-state index contributed by atoms with van der Waals surface area (Å²) < 4.78 is 0. The van der Waals surface area contributed by atoms with Gasteiger partial charge in [-0.3, -0.25) is 14.5 Å². The Kier molecular flexibility index (Phi) is 3.13. The first kappa shape index (κ1) is 11.6. The summed E-state index contributed by atoms with van der Waals surface area (Å²) in [5, 5.41) is 0. The molecule has 0 saturated carbocycles. The van der Waals surface area contributed by atoms with E-state index in [1.165, 1.54) is 4.90 Å². The Morgan fingerprint density at radius 3 is 2.41 bits per heavy atom. The minimum atomic E-state index is -0.134. The lowest BCUT2D eigenvalue weighted by atomic mass is 10.1. The van der Waals surface area contributed by atoms with Gasteiger partial charge in [0, 0.05) is 18.5 Å². The van der Waals surface area contributed by atoms with Crippen molar-refractivity contribution < 1.29 is 9.59 Å². The van der Waals surface area contributed by atoms with Crippen LogP contribution in [0, 0.1) is 0 Å². The fourth-order valence-corrected chi connectivity index (χ4v) is 2.08. The molecule has 4 heteroatoms. The van der Waals surface area contributed by atoms with E-state index in [-0.39, 0.29) is 11.8 Å². The fraction of sp³-hybridized carbons (Fsp3) is 0.385. The average Bonchev–Trinajstić information content (AvgIpc) is 2.29. The van der Waals surface area contributed by atoms with Crippen molar-refractivity contribution in [2.45, 2.75) is 32.6 Å². The molecular formula is C13H16N2O2. The third kappa shape index (κ3) is 2.16. The van der Waals surface area contributed by atoms with Crippen molar-refractivity contribution >= 4 is 23.2 Å². The first-order chi connectivity index (χ1) is 8.13. The summed E-state index contributed by atoms with van der Waals surface area (Å²) in [6.45, 7) is 2.02. The van der Waals surface area contributed by atoms with Crippen molar-refractivity contribution in [2.24, 2.45) is 0 Å². The van der Waals surface area contributed by atoms with Crippen LogP contribution in [-0.2, 0) is 16.0 Å². The van der Waals surface area contributed by atoms with Crippen molar-refractivity contribution in [3.05, 3.63) is 23.8 Å².